The average Bonchev–Trinajstić information content (AvgIpc) is 3.29. The molecule has 0 saturated carbocycles. The fourth-order valence-corrected chi connectivity index (χ4v) is 4.49. The van der Waals surface area contributed by atoms with E-state index in [1.807, 2.05) is 19.1 Å². The van der Waals surface area contributed by atoms with Gasteiger partial charge in [0.2, 0.25) is 12.2 Å². The second-order valence-electron chi connectivity index (χ2n) is 9.52. The zero-order valence-corrected chi connectivity index (χ0v) is 22.3. The predicted molar refractivity (Wildman–Crippen MR) is 137 cm³/mol. The van der Waals surface area contributed by atoms with E-state index >= 15 is 0 Å². The molecule has 3 aromatic rings. The lowest BCUT2D eigenvalue weighted by atomic mass is 9.99. The van der Waals surface area contributed by atoms with Gasteiger partial charge in [-0.25, -0.2) is 4.79 Å². The fraction of sp³-hybridized carbons (Fsp3) is 0.429. The summed E-state index contributed by atoms with van der Waals surface area (Å²) in [4.78, 5) is 11.4. The van der Waals surface area contributed by atoms with Crippen LogP contribution in [0, 0.1) is 0 Å². The molecule has 1 saturated heterocycles. The molecule has 13 heteroatoms. The number of methoxy groups -OCH3 is 1. The second kappa shape index (κ2) is 12.9. The number of nitrogens with zero attached hydrogens (tertiary/aromatic N) is 2. The highest BCUT2D eigenvalue weighted by Crippen LogP contribution is 2.39. The van der Waals surface area contributed by atoms with Crippen molar-refractivity contribution >= 4 is 6.16 Å². The number of ether oxygens (including phenoxy) is 4. The van der Waals surface area contributed by atoms with E-state index < -0.39 is 61.2 Å². The van der Waals surface area contributed by atoms with Crippen LogP contribution in [0.15, 0.2) is 54.6 Å². The molecule has 0 bridgehead atoms. The average molecular weight is 581 g/mol. The number of rotatable bonds is 9. The van der Waals surface area contributed by atoms with Crippen LogP contribution in [0.5, 0.6) is 5.88 Å². The molecule has 0 spiro atoms. The number of benzene rings is 2. The number of aromatic nitrogens is 2. The molecule has 222 valence electrons. The zero-order chi connectivity index (χ0) is 29.7. The molecule has 4 rings (SSSR count). The predicted octanol–water partition coefficient (Wildman–Crippen LogP) is 3.07. The molecule has 0 amide bonds. The number of carbonyl (C=O) groups is 1. The number of hydrogen-bond donors (Lipinski definition) is 3. The maximum absolute atomic E-state index is 14.6. The van der Waals surface area contributed by atoms with Crippen LogP contribution < -0.4 is 4.74 Å². The van der Waals surface area contributed by atoms with Gasteiger partial charge >= 0.3 is 12.3 Å². The summed E-state index contributed by atoms with van der Waals surface area (Å²) in [5.74, 6) is -0.479. The van der Waals surface area contributed by atoms with Gasteiger partial charge < -0.3 is 34.3 Å². The summed E-state index contributed by atoms with van der Waals surface area (Å²) in [6.07, 6.45) is -13.9. The van der Waals surface area contributed by atoms with Gasteiger partial charge in [0, 0.05) is 6.42 Å². The summed E-state index contributed by atoms with van der Waals surface area (Å²) in [6, 6.07) is 15.5. The van der Waals surface area contributed by atoms with E-state index in [1.54, 1.807) is 42.5 Å². The van der Waals surface area contributed by atoms with Crippen LogP contribution in [0.2, 0.25) is 0 Å². The Kier molecular flexibility index (Phi) is 9.53. The lowest BCUT2D eigenvalue weighted by Crippen LogP contribution is -2.60. The minimum absolute atomic E-state index is 0.216. The largest absolute Gasteiger partial charge is 0.508 e. The van der Waals surface area contributed by atoms with E-state index in [1.165, 1.54) is 0 Å². The number of carbonyl (C=O) groups excluding carboxylic acids is 1. The molecule has 1 aliphatic rings. The smallest absolute Gasteiger partial charge is 0.443 e. The Hall–Kier alpha value is -3.65. The van der Waals surface area contributed by atoms with Crippen molar-refractivity contribution in [2.45, 2.75) is 63.2 Å². The van der Waals surface area contributed by atoms with Gasteiger partial charge in [0.25, 0.3) is 0 Å². The lowest BCUT2D eigenvalue weighted by Gasteiger charge is -2.39. The van der Waals surface area contributed by atoms with Gasteiger partial charge in [0.05, 0.1) is 19.2 Å². The molecule has 41 heavy (non-hydrogen) atoms. The fourth-order valence-electron chi connectivity index (χ4n) is 4.49. The molecular weight excluding hydrogens is 549 g/mol. The van der Waals surface area contributed by atoms with Gasteiger partial charge in [-0.15, -0.1) is 5.10 Å². The van der Waals surface area contributed by atoms with E-state index in [-0.39, 0.29) is 18.5 Å². The minimum atomic E-state index is -4.83. The molecule has 0 radical (unpaired) electrons. The summed E-state index contributed by atoms with van der Waals surface area (Å²) in [5, 5.41) is 35.4. The van der Waals surface area contributed by atoms with E-state index in [9.17, 15) is 33.3 Å². The minimum Gasteiger partial charge on any atom is -0.443 e. The highest BCUT2D eigenvalue weighted by Gasteiger charge is 2.47. The first kappa shape index (κ1) is 30.3. The normalized spacial score (nSPS) is 22.8. The first-order valence-corrected chi connectivity index (χ1v) is 12.9. The first-order valence-electron chi connectivity index (χ1n) is 12.9. The van der Waals surface area contributed by atoms with Crippen molar-refractivity contribution in [1.29, 1.82) is 0 Å². The third kappa shape index (κ3) is 7.17. The summed E-state index contributed by atoms with van der Waals surface area (Å²) >= 11 is 0. The van der Waals surface area contributed by atoms with Gasteiger partial charge in [-0.1, -0.05) is 61.5 Å². The highest BCUT2D eigenvalue weighted by molar-refractivity contribution is 5.59. The van der Waals surface area contributed by atoms with Crippen molar-refractivity contribution in [1.82, 2.24) is 9.78 Å². The summed E-state index contributed by atoms with van der Waals surface area (Å²) in [6.45, 7) is 1.14. The Morgan fingerprint density at radius 3 is 2.24 bits per heavy atom. The van der Waals surface area contributed by atoms with Gasteiger partial charge in [-0.05, 0) is 23.1 Å². The molecule has 5 atom stereocenters. The first-order chi connectivity index (χ1) is 19.5. The van der Waals surface area contributed by atoms with E-state index in [2.05, 4.69) is 9.84 Å². The van der Waals surface area contributed by atoms with Crippen LogP contribution in [-0.4, -0.2) is 75.7 Å². The number of aliphatic hydroxyl groups is 3. The Bertz CT molecular complexity index is 1300. The maximum Gasteiger partial charge on any atom is 0.508 e. The second-order valence-corrected chi connectivity index (χ2v) is 9.52. The maximum atomic E-state index is 14.6. The summed E-state index contributed by atoms with van der Waals surface area (Å²) < 4.78 is 64.8. The van der Waals surface area contributed by atoms with Crippen LogP contribution in [0.1, 0.15) is 34.9 Å². The Labute approximate surface area is 233 Å². The van der Waals surface area contributed by atoms with Crippen molar-refractivity contribution in [2.24, 2.45) is 0 Å². The van der Waals surface area contributed by atoms with Crippen molar-refractivity contribution in [3.63, 3.8) is 0 Å². The molecule has 2 heterocycles. The Balaban J connectivity index is 1.72. The third-order valence-electron chi connectivity index (χ3n) is 6.70. The molecule has 3 N–H and O–H groups in total. The lowest BCUT2D eigenvalue weighted by molar-refractivity contribution is -0.278. The van der Waals surface area contributed by atoms with Gasteiger partial charge in [0.1, 0.15) is 36.7 Å². The standard InChI is InChI=1S/C28H31F3N2O8/c1-3-16-9-11-17(12-10-16)13-19-24(28(29,30)31)33(14-18-7-5-4-6-8-18)32-25(19)41-26-23(36)22(35)21(34)20(40-26)15-39-27(37)38-2/h4-12,20-23,26,34-36H,3,13-15H2,1-2H3/t20-,21-,22+,23-,26+/m1/s1. The Morgan fingerprint density at radius 1 is 0.976 bits per heavy atom. The quantitative estimate of drug-likeness (QED) is 0.327. The van der Waals surface area contributed by atoms with E-state index in [0.717, 1.165) is 23.8 Å². The van der Waals surface area contributed by atoms with Crippen LogP contribution >= 0.6 is 0 Å². The van der Waals surface area contributed by atoms with Gasteiger partial charge in [0.15, 0.2) is 0 Å². The van der Waals surface area contributed by atoms with Crippen LogP contribution in [0.25, 0.3) is 0 Å². The third-order valence-corrected chi connectivity index (χ3v) is 6.70. The molecule has 1 fully saturated rings. The van der Waals surface area contributed by atoms with Gasteiger partial charge in [-0.2, -0.15) is 13.2 Å². The monoisotopic (exact) mass is 580 g/mol. The molecular formula is C28H31F3N2O8. The number of aliphatic hydroxyl groups excluding tert-OH is 3. The number of hydrogen-bond acceptors (Lipinski definition) is 9. The van der Waals surface area contributed by atoms with Crippen LogP contribution in [0.4, 0.5) is 18.0 Å². The van der Waals surface area contributed by atoms with Crippen molar-refractivity contribution in [3.8, 4) is 5.88 Å². The number of alkyl halides is 3. The van der Waals surface area contributed by atoms with Crippen LogP contribution in [0.3, 0.4) is 0 Å². The molecule has 0 aliphatic carbocycles. The number of aryl methyl sites for hydroxylation is 1. The zero-order valence-electron chi connectivity index (χ0n) is 22.3. The van der Waals surface area contributed by atoms with E-state index in [0.29, 0.717) is 11.1 Å². The van der Waals surface area contributed by atoms with Crippen molar-refractivity contribution < 1.29 is 52.2 Å². The SMILES string of the molecule is CCc1ccc(Cc2c(O[C@@H]3O[C@H](COC(=O)OC)[C@@H](O)[C@H](O)[C@H]3O)nn(Cc3ccccc3)c2C(F)(F)F)cc1. The summed E-state index contributed by atoms with van der Waals surface area (Å²) in [5.41, 5.74) is 0.761. The summed E-state index contributed by atoms with van der Waals surface area (Å²) in [7, 11) is 1.06. The van der Waals surface area contributed by atoms with Crippen LogP contribution in [-0.2, 0) is 39.8 Å². The molecule has 1 aliphatic heterocycles. The van der Waals surface area contributed by atoms with Gasteiger partial charge in [-0.3, -0.25) is 4.68 Å². The Morgan fingerprint density at radius 2 is 1.63 bits per heavy atom. The van der Waals surface area contributed by atoms with Crippen molar-refractivity contribution in [2.75, 3.05) is 13.7 Å². The number of halogens is 3. The van der Waals surface area contributed by atoms with Crippen molar-refractivity contribution in [3.05, 3.63) is 82.5 Å². The van der Waals surface area contributed by atoms with E-state index in [4.69, 9.17) is 14.2 Å². The topological polar surface area (TPSA) is 133 Å². The molecule has 0 unspecified atom stereocenters. The molecule has 1 aromatic heterocycles. The highest BCUT2D eigenvalue weighted by atomic mass is 19.4. The molecule has 10 nitrogen and oxygen atoms in total. The molecule has 2 aromatic carbocycles.